The Hall–Kier alpha value is -3.02. The van der Waals surface area contributed by atoms with Crippen molar-refractivity contribution in [2.75, 3.05) is 19.7 Å². The largest absolute Gasteiger partial charge is 0.486 e. The summed E-state index contributed by atoms with van der Waals surface area (Å²) in [6.45, 7) is 1.03. The SMILES string of the molecule is O=C(CCNC(=O)c1ccccc1)NC[C@H]1COc2ccccc2O1. The quantitative estimate of drug-likeness (QED) is 0.840. The van der Waals surface area contributed by atoms with E-state index in [1.54, 1.807) is 24.3 Å². The van der Waals surface area contributed by atoms with Gasteiger partial charge in [0.05, 0.1) is 6.54 Å². The molecule has 0 aromatic heterocycles. The van der Waals surface area contributed by atoms with Gasteiger partial charge in [0.15, 0.2) is 11.5 Å². The zero-order valence-electron chi connectivity index (χ0n) is 13.7. The Kier molecular flexibility index (Phi) is 5.51. The van der Waals surface area contributed by atoms with E-state index in [1.165, 1.54) is 0 Å². The van der Waals surface area contributed by atoms with E-state index in [0.29, 0.717) is 30.2 Å². The van der Waals surface area contributed by atoms with Gasteiger partial charge in [-0.05, 0) is 24.3 Å². The normalized spacial score (nSPS) is 15.3. The maximum absolute atomic E-state index is 11.9. The summed E-state index contributed by atoms with van der Waals surface area (Å²) in [5.41, 5.74) is 0.578. The van der Waals surface area contributed by atoms with Crippen LogP contribution in [0.3, 0.4) is 0 Å². The molecule has 2 aromatic carbocycles. The zero-order valence-corrected chi connectivity index (χ0v) is 13.7. The molecule has 1 aliphatic rings. The molecule has 2 amide bonds. The fraction of sp³-hybridized carbons (Fsp3) is 0.263. The van der Waals surface area contributed by atoms with E-state index in [9.17, 15) is 9.59 Å². The molecule has 0 spiro atoms. The Morgan fingerprint density at radius 3 is 2.48 bits per heavy atom. The second-order valence-electron chi connectivity index (χ2n) is 5.67. The number of hydrogen-bond donors (Lipinski definition) is 2. The third-order valence-electron chi connectivity index (χ3n) is 3.77. The van der Waals surface area contributed by atoms with Crippen LogP contribution in [0, 0.1) is 0 Å². The highest BCUT2D eigenvalue weighted by Crippen LogP contribution is 2.30. The highest BCUT2D eigenvalue weighted by Gasteiger charge is 2.20. The van der Waals surface area contributed by atoms with Crippen LogP contribution in [-0.2, 0) is 4.79 Å². The molecule has 1 atom stereocenters. The molecule has 130 valence electrons. The number of fused-ring (bicyclic) bond motifs is 1. The first kappa shape index (κ1) is 16.8. The Morgan fingerprint density at radius 1 is 0.960 bits per heavy atom. The van der Waals surface area contributed by atoms with Crippen molar-refractivity contribution in [2.45, 2.75) is 12.5 Å². The summed E-state index contributed by atoms with van der Waals surface area (Å²) in [5.74, 6) is 1.07. The molecule has 0 saturated carbocycles. The van der Waals surface area contributed by atoms with Gasteiger partial charge in [-0.1, -0.05) is 30.3 Å². The van der Waals surface area contributed by atoms with Crippen LogP contribution in [0.5, 0.6) is 11.5 Å². The highest BCUT2D eigenvalue weighted by atomic mass is 16.6. The molecule has 0 unspecified atom stereocenters. The van der Waals surface area contributed by atoms with Gasteiger partial charge in [0.25, 0.3) is 5.91 Å². The lowest BCUT2D eigenvalue weighted by Crippen LogP contribution is -2.41. The van der Waals surface area contributed by atoms with Crippen LogP contribution >= 0.6 is 0 Å². The van der Waals surface area contributed by atoms with E-state index in [4.69, 9.17) is 9.47 Å². The summed E-state index contributed by atoms with van der Waals surface area (Å²) in [4.78, 5) is 23.8. The van der Waals surface area contributed by atoms with Crippen LogP contribution in [0.25, 0.3) is 0 Å². The van der Waals surface area contributed by atoms with Gasteiger partial charge in [-0.3, -0.25) is 9.59 Å². The summed E-state index contributed by atoms with van der Waals surface area (Å²) in [5, 5.41) is 5.53. The van der Waals surface area contributed by atoms with Gasteiger partial charge in [-0.15, -0.1) is 0 Å². The molecule has 0 bridgehead atoms. The molecule has 3 rings (SSSR count). The third kappa shape index (κ3) is 4.73. The summed E-state index contributed by atoms with van der Waals surface area (Å²) >= 11 is 0. The number of carbonyl (C=O) groups is 2. The predicted octanol–water partition coefficient (Wildman–Crippen LogP) is 1.76. The monoisotopic (exact) mass is 340 g/mol. The number of benzene rings is 2. The zero-order chi connectivity index (χ0) is 17.5. The number of rotatable bonds is 6. The van der Waals surface area contributed by atoms with Gasteiger partial charge in [-0.25, -0.2) is 0 Å². The number of nitrogens with one attached hydrogen (secondary N) is 2. The van der Waals surface area contributed by atoms with E-state index >= 15 is 0 Å². The number of ether oxygens (including phenoxy) is 2. The molecular weight excluding hydrogens is 320 g/mol. The second-order valence-corrected chi connectivity index (χ2v) is 5.67. The fourth-order valence-corrected chi connectivity index (χ4v) is 2.46. The number of amides is 2. The average Bonchev–Trinajstić information content (AvgIpc) is 2.67. The van der Waals surface area contributed by atoms with Crippen molar-refractivity contribution < 1.29 is 19.1 Å². The number of hydrogen-bond acceptors (Lipinski definition) is 4. The predicted molar refractivity (Wildman–Crippen MR) is 92.8 cm³/mol. The van der Waals surface area contributed by atoms with E-state index in [-0.39, 0.29) is 30.9 Å². The van der Waals surface area contributed by atoms with Crippen LogP contribution in [0.15, 0.2) is 54.6 Å². The standard InChI is InChI=1S/C19H20N2O4/c22-18(10-11-20-19(23)14-6-2-1-3-7-14)21-12-15-13-24-16-8-4-5-9-17(16)25-15/h1-9,15H,10-13H2,(H,20,23)(H,21,22)/t15-/m0/s1. The van der Waals surface area contributed by atoms with Crippen LogP contribution in [0.4, 0.5) is 0 Å². The summed E-state index contributed by atoms with van der Waals surface area (Å²) < 4.78 is 11.4. The third-order valence-corrected chi connectivity index (χ3v) is 3.77. The Bertz CT molecular complexity index is 733. The highest BCUT2D eigenvalue weighted by molar-refractivity contribution is 5.94. The lowest BCUT2D eigenvalue weighted by Gasteiger charge is -2.26. The molecule has 2 N–H and O–H groups in total. The van der Waals surface area contributed by atoms with Crippen molar-refractivity contribution in [1.29, 1.82) is 0 Å². The second kappa shape index (κ2) is 8.19. The minimum Gasteiger partial charge on any atom is -0.486 e. The molecule has 1 aliphatic heterocycles. The Labute approximate surface area is 146 Å². The van der Waals surface area contributed by atoms with Gasteiger partial charge in [0.1, 0.15) is 12.7 Å². The number of para-hydroxylation sites is 2. The molecule has 0 aliphatic carbocycles. The molecule has 6 heteroatoms. The fourth-order valence-electron chi connectivity index (χ4n) is 2.46. The molecule has 2 aromatic rings. The summed E-state index contributed by atoms with van der Waals surface area (Å²) in [6.07, 6.45) is -0.0132. The van der Waals surface area contributed by atoms with E-state index in [0.717, 1.165) is 0 Å². The van der Waals surface area contributed by atoms with Crippen molar-refractivity contribution in [3.8, 4) is 11.5 Å². The van der Waals surface area contributed by atoms with Crippen molar-refractivity contribution in [3.05, 3.63) is 60.2 Å². The van der Waals surface area contributed by atoms with Gasteiger partial charge in [0.2, 0.25) is 5.91 Å². The van der Waals surface area contributed by atoms with Crippen molar-refractivity contribution in [3.63, 3.8) is 0 Å². The molecule has 1 heterocycles. The molecule has 25 heavy (non-hydrogen) atoms. The van der Waals surface area contributed by atoms with Crippen molar-refractivity contribution >= 4 is 11.8 Å². The first-order valence-electron chi connectivity index (χ1n) is 8.21. The lowest BCUT2D eigenvalue weighted by atomic mass is 10.2. The summed E-state index contributed by atoms with van der Waals surface area (Å²) in [7, 11) is 0. The first-order valence-corrected chi connectivity index (χ1v) is 8.21. The van der Waals surface area contributed by atoms with Gasteiger partial charge in [-0.2, -0.15) is 0 Å². The van der Waals surface area contributed by atoms with E-state index in [2.05, 4.69) is 10.6 Å². The van der Waals surface area contributed by atoms with Crippen LogP contribution in [-0.4, -0.2) is 37.6 Å². The topological polar surface area (TPSA) is 76.7 Å². The Balaban J connectivity index is 1.36. The van der Waals surface area contributed by atoms with E-state index in [1.807, 2.05) is 30.3 Å². The average molecular weight is 340 g/mol. The lowest BCUT2D eigenvalue weighted by molar-refractivity contribution is -0.121. The molecule has 0 radical (unpaired) electrons. The maximum Gasteiger partial charge on any atom is 0.251 e. The molecule has 0 saturated heterocycles. The summed E-state index contributed by atoms with van der Waals surface area (Å²) in [6, 6.07) is 16.3. The van der Waals surface area contributed by atoms with Crippen molar-refractivity contribution in [2.24, 2.45) is 0 Å². The first-order chi connectivity index (χ1) is 12.2. The van der Waals surface area contributed by atoms with Gasteiger partial charge >= 0.3 is 0 Å². The minimum absolute atomic E-state index is 0.143. The molecule has 6 nitrogen and oxygen atoms in total. The molecular formula is C19H20N2O4. The van der Waals surface area contributed by atoms with Crippen molar-refractivity contribution in [1.82, 2.24) is 10.6 Å². The van der Waals surface area contributed by atoms with Gasteiger partial charge in [0, 0.05) is 18.5 Å². The molecule has 0 fully saturated rings. The Morgan fingerprint density at radius 2 is 1.68 bits per heavy atom. The number of carbonyl (C=O) groups excluding carboxylic acids is 2. The van der Waals surface area contributed by atoms with E-state index < -0.39 is 0 Å². The van der Waals surface area contributed by atoms with Crippen LogP contribution < -0.4 is 20.1 Å². The smallest absolute Gasteiger partial charge is 0.251 e. The van der Waals surface area contributed by atoms with Crippen LogP contribution in [0.1, 0.15) is 16.8 Å². The van der Waals surface area contributed by atoms with Gasteiger partial charge < -0.3 is 20.1 Å². The van der Waals surface area contributed by atoms with Crippen LogP contribution in [0.2, 0.25) is 0 Å². The maximum atomic E-state index is 11.9. The minimum atomic E-state index is -0.224.